The second-order valence-electron chi connectivity index (χ2n) is 15.8. The number of H-pyrrole nitrogens is 1. The predicted octanol–water partition coefficient (Wildman–Crippen LogP) is 5.87. The number of imide groups is 2. The summed E-state index contributed by atoms with van der Waals surface area (Å²) >= 11 is 0. The van der Waals surface area contributed by atoms with Crippen LogP contribution in [0.3, 0.4) is 0 Å². The molecule has 8 rings (SSSR count). The van der Waals surface area contributed by atoms with Crippen molar-refractivity contribution in [1.29, 1.82) is 0 Å². The molecule has 3 N–H and O–H groups in total. The molecule has 0 bridgehead atoms. The molecule has 13 heteroatoms. The summed E-state index contributed by atoms with van der Waals surface area (Å²) in [4.78, 5) is 90.2. The third kappa shape index (κ3) is 6.42. The first-order valence-corrected chi connectivity index (χ1v) is 19.8. The SMILES string of the molecule is [C-]#[N+]c1ccc2c3c([nH]c2c1)C(C)(C)c1cc(N2CCN(C(=O)CCCCCNc4cccc5c4C(=O)N(C4CCC(=O)NC4=O)C5=O)CC2)c(CC)cc1C3=O. The summed E-state index contributed by atoms with van der Waals surface area (Å²) in [5.41, 5.74) is 7.30. The Morgan fingerprint density at radius 1 is 0.930 bits per heavy atom. The Morgan fingerprint density at radius 2 is 1.72 bits per heavy atom. The third-order valence-corrected chi connectivity index (χ3v) is 12.1. The average molecular weight is 768 g/mol. The Hall–Kier alpha value is -6.29. The molecule has 5 amide bonds. The number of piperidine rings is 1. The Bertz CT molecular complexity index is 2430. The number of anilines is 2. The molecule has 3 aromatic carbocycles. The maximum absolute atomic E-state index is 14.1. The largest absolute Gasteiger partial charge is 0.384 e. The van der Waals surface area contributed by atoms with E-state index in [9.17, 15) is 28.8 Å². The van der Waals surface area contributed by atoms with E-state index < -0.39 is 35.1 Å². The Balaban J connectivity index is 0.844. The smallest absolute Gasteiger partial charge is 0.264 e. The number of carbonyl (C=O) groups is 6. The molecule has 292 valence electrons. The highest BCUT2D eigenvalue weighted by Gasteiger charge is 2.46. The predicted molar refractivity (Wildman–Crippen MR) is 215 cm³/mol. The van der Waals surface area contributed by atoms with Crippen LogP contribution >= 0.6 is 0 Å². The van der Waals surface area contributed by atoms with Crippen LogP contribution in [0.25, 0.3) is 15.7 Å². The van der Waals surface area contributed by atoms with Gasteiger partial charge in [0.25, 0.3) is 11.8 Å². The summed E-state index contributed by atoms with van der Waals surface area (Å²) in [5.74, 6) is -2.01. The van der Waals surface area contributed by atoms with Crippen molar-refractivity contribution in [1.82, 2.24) is 20.1 Å². The molecule has 0 spiro atoms. The zero-order valence-electron chi connectivity index (χ0n) is 32.4. The molecular formula is C44H45N7O6. The minimum Gasteiger partial charge on any atom is -0.384 e. The van der Waals surface area contributed by atoms with Crippen molar-refractivity contribution in [3.63, 3.8) is 0 Å². The third-order valence-electron chi connectivity index (χ3n) is 12.1. The van der Waals surface area contributed by atoms with Gasteiger partial charge in [-0.15, -0.1) is 0 Å². The number of nitrogens with one attached hydrogen (secondary N) is 3. The fourth-order valence-electron chi connectivity index (χ4n) is 8.96. The number of rotatable bonds is 10. The minimum absolute atomic E-state index is 0.00196. The highest BCUT2D eigenvalue weighted by molar-refractivity contribution is 6.25. The monoisotopic (exact) mass is 767 g/mol. The standard InChI is InChI=1S/C44H45N7O6/c1-5-25-22-29-30(44(2,3)40-38(39(29)54)27-14-13-26(45-4)23-32(27)47-40)24-34(25)49-18-20-50(21-19-49)36(53)12-7-6-8-17-46-31-11-9-10-28-37(31)43(57)51(42(28)56)33-15-16-35(52)48-41(33)55/h9-11,13-14,22-24,33,46-47H,5-8,12,15-21H2,1-3H3,(H,48,52,55). The summed E-state index contributed by atoms with van der Waals surface area (Å²) in [6, 6.07) is 13.7. The van der Waals surface area contributed by atoms with E-state index >= 15 is 0 Å². The Morgan fingerprint density at radius 3 is 2.46 bits per heavy atom. The van der Waals surface area contributed by atoms with Gasteiger partial charge in [-0.1, -0.05) is 45.4 Å². The normalized spacial score (nSPS) is 18.7. The fraction of sp³-hybridized carbons (Fsp3) is 0.386. The number of carbonyl (C=O) groups excluding carboxylic acids is 6. The van der Waals surface area contributed by atoms with Gasteiger partial charge in [-0.25, -0.2) is 4.85 Å². The first kappa shape index (κ1) is 37.6. The van der Waals surface area contributed by atoms with Crippen LogP contribution in [0.15, 0.2) is 48.5 Å². The number of ketones is 1. The molecular weight excluding hydrogens is 723 g/mol. The van der Waals surface area contributed by atoms with E-state index in [4.69, 9.17) is 6.57 Å². The van der Waals surface area contributed by atoms with E-state index in [2.05, 4.69) is 58.3 Å². The second-order valence-corrected chi connectivity index (χ2v) is 15.8. The molecule has 0 radical (unpaired) electrons. The zero-order chi connectivity index (χ0) is 40.2. The number of hydrogen-bond donors (Lipinski definition) is 3. The van der Waals surface area contributed by atoms with Crippen molar-refractivity contribution in [3.05, 3.63) is 99.0 Å². The number of amides is 5. The first-order valence-electron chi connectivity index (χ1n) is 19.8. The van der Waals surface area contributed by atoms with Crippen molar-refractivity contribution in [2.24, 2.45) is 0 Å². The number of hydrogen-bond acceptors (Lipinski definition) is 8. The van der Waals surface area contributed by atoms with Crippen LogP contribution in [0.4, 0.5) is 17.1 Å². The lowest BCUT2D eigenvalue weighted by atomic mass is 9.70. The molecule has 4 heterocycles. The van der Waals surface area contributed by atoms with Crippen molar-refractivity contribution in [3.8, 4) is 0 Å². The van der Waals surface area contributed by atoms with Crippen LogP contribution in [0.5, 0.6) is 0 Å². The zero-order valence-corrected chi connectivity index (χ0v) is 32.4. The number of nitrogens with zero attached hydrogens (tertiary/aromatic N) is 4. The second kappa shape index (κ2) is 14.7. The van der Waals surface area contributed by atoms with Crippen LogP contribution < -0.4 is 15.5 Å². The van der Waals surface area contributed by atoms with Crippen molar-refractivity contribution in [2.45, 2.75) is 77.2 Å². The van der Waals surface area contributed by atoms with E-state index in [1.807, 2.05) is 17.0 Å². The van der Waals surface area contributed by atoms with E-state index in [-0.39, 0.29) is 35.7 Å². The maximum Gasteiger partial charge on any atom is 0.264 e. The van der Waals surface area contributed by atoms with E-state index in [1.54, 1.807) is 24.3 Å². The summed E-state index contributed by atoms with van der Waals surface area (Å²) in [6.45, 7) is 17.0. The minimum atomic E-state index is -1.02. The van der Waals surface area contributed by atoms with Gasteiger partial charge in [0.2, 0.25) is 17.7 Å². The van der Waals surface area contributed by atoms with Gasteiger partial charge in [0, 0.05) is 84.5 Å². The maximum atomic E-state index is 14.1. The molecule has 4 aromatic rings. The Labute approximate surface area is 330 Å². The first-order chi connectivity index (χ1) is 27.4. The summed E-state index contributed by atoms with van der Waals surface area (Å²) in [6.07, 6.45) is 3.64. The lowest BCUT2D eigenvalue weighted by Gasteiger charge is -2.39. The molecule has 1 aliphatic carbocycles. The number of aromatic nitrogens is 1. The number of benzene rings is 3. The topological polar surface area (TPSA) is 156 Å². The molecule has 13 nitrogen and oxygen atoms in total. The number of fused-ring (bicyclic) bond motifs is 5. The number of piperazine rings is 1. The summed E-state index contributed by atoms with van der Waals surface area (Å²) in [7, 11) is 0. The van der Waals surface area contributed by atoms with Gasteiger partial charge in [-0.3, -0.25) is 39.0 Å². The highest BCUT2D eigenvalue weighted by Crippen LogP contribution is 2.46. The molecule has 2 saturated heterocycles. The molecule has 3 aliphatic heterocycles. The van der Waals surface area contributed by atoms with E-state index in [0.717, 1.165) is 69.6 Å². The van der Waals surface area contributed by atoms with Crippen LogP contribution in [-0.2, 0) is 26.2 Å². The van der Waals surface area contributed by atoms with E-state index in [0.29, 0.717) is 56.1 Å². The number of aryl methyl sites for hydroxylation is 1. The van der Waals surface area contributed by atoms with Crippen molar-refractivity contribution >= 4 is 63.3 Å². The van der Waals surface area contributed by atoms with Gasteiger partial charge in [0.1, 0.15) is 6.04 Å². The molecule has 57 heavy (non-hydrogen) atoms. The van der Waals surface area contributed by atoms with Crippen LogP contribution in [-0.4, -0.2) is 88.9 Å². The van der Waals surface area contributed by atoms with Crippen molar-refractivity contribution in [2.75, 3.05) is 42.9 Å². The van der Waals surface area contributed by atoms with Crippen molar-refractivity contribution < 1.29 is 28.8 Å². The quantitative estimate of drug-likeness (QED) is 0.103. The van der Waals surface area contributed by atoms with Crippen LogP contribution in [0, 0.1) is 6.57 Å². The van der Waals surface area contributed by atoms with Gasteiger partial charge in [-0.2, -0.15) is 0 Å². The molecule has 1 unspecified atom stereocenters. The number of unbranched alkanes of at least 4 members (excludes halogenated alkanes) is 2. The molecule has 4 aliphatic rings. The Kier molecular flexibility index (Phi) is 9.67. The highest BCUT2D eigenvalue weighted by atomic mass is 16.2. The lowest BCUT2D eigenvalue weighted by molar-refractivity contribution is -0.136. The van der Waals surface area contributed by atoms with Gasteiger partial charge in [0.05, 0.1) is 23.3 Å². The summed E-state index contributed by atoms with van der Waals surface area (Å²) in [5, 5.41) is 6.34. The van der Waals surface area contributed by atoms with Gasteiger partial charge in [0.15, 0.2) is 11.5 Å². The molecule has 1 atom stereocenters. The summed E-state index contributed by atoms with van der Waals surface area (Å²) < 4.78 is 0. The van der Waals surface area contributed by atoms with Crippen LogP contribution in [0.2, 0.25) is 0 Å². The number of aromatic amines is 1. The molecule has 2 fully saturated rings. The lowest BCUT2D eigenvalue weighted by Crippen LogP contribution is -2.54. The molecule has 1 aromatic heterocycles. The molecule has 0 saturated carbocycles. The van der Waals surface area contributed by atoms with E-state index in [1.165, 1.54) is 0 Å². The van der Waals surface area contributed by atoms with Crippen LogP contribution in [0.1, 0.15) is 113 Å². The van der Waals surface area contributed by atoms with Gasteiger partial charge in [-0.05, 0) is 67.1 Å². The average Bonchev–Trinajstić information content (AvgIpc) is 3.73. The van der Waals surface area contributed by atoms with Gasteiger partial charge < -0.3 is 20.1 Å². The van der Waals surface area contributed by atoms with Gasteiger partial charge >= 0.3 is 0 Å². The fourth-order valence-corrected chi connectivity index (χ4v) is 8.96.